The van der Waals surface area contributed by atoms with Crippen molar-refractivity contribution in [3.05, 3.63) is 0 Å². The van der Waals surface area contributed by atoms with Gasteiger partial charge < -0.3 is 4.43 Å². The minimum Gasteiger partial charge on any atom is -0.504 e. The normalized spacial score (nSPS) is 11.7. The van der Waals surface area contributed by atoms with Crippen LogP contribution in [0.2, 0.25) is 19.6 Å². The van der Waals surface area contributed by atoms with Gasteiger partial charge in [0.2, 0.25) is 8.32 Å². The Bertz CT molecular complexity index is 200. The third kappa shape index (κ3) is 6.51. The van der Waals surface area contributed by atoms with Crippen LogP contribution in [0.15, 0.2) is 0 Å². The van der Waals surface area contributed by atoms with Crippen molar-refractivity contribution >= 4 is 14.4 Å². The first kappa shape index (κ1) is 14.4. The highest BCUT2D eigenvalue weighted by Gasteiger charge is 2.22. The van der Waals surface area contributed by atoms with Crippen LogP contribution in [0.25, 0.3) is 0 Å². The molecule has 0 spiro atoms. The maximum absolute atomic E-state index is 11.6. The van der Waals surface area contributed by atoms with Crippen LogP contribution in [0, 0.1) is 0 Å². The van der Waals surface area contributed by atoms with Gasteiger partial charge in [-0.1, -0.05) is 13.8 Å². The first-order valence-corrected chi connectivity index (χ1v) is 8.87. The molecule has 0 unspecified atom stereocenters. The van der Waals surface area contributed by atoms with Gasteiger partial charge in [0.05, 0.1) is 6.67 Å². The molecule has 0 aromatic rings. The van der Waals surface area contributed by atoms with E-state index in [2.05, 4.69) is 18.7 Å². The molecule has 0 saturated heterocycles. The Balaban J connectivity index is 4.09. The molecule has 0 saturated carbocycles. The van der Waals surface area contributed by atoms with Crippen LogP contribution >= 0.6 is 0 Å². The number of nitrogens with zero attached hydrogens (tertiary/aromatic N) is 2. The molecular formula is C10H24N2O2Si. The third-order valence-corrected chi connectivity index (χ3v) is 2.80. The van der Waals surface area contributed by atoms with E-state index >= 15 is 0 Å². The van der Waals surface area contributed by atoms with Gasteiger partial charge in [0.25, 0.3) is 0 Å². The molecule has 0 bridgehead atoms. The lowest BCUT2D eigenvalue weighted by Gasteiger charge is -2.28. The van der Waals surface area contributed by atoms with Crippen LogP contribution < -0.4 is 0 Å². The quantitative estimate of drug-likeness (QED) is 0.538. The maximum atomic E-state index is 11.6. The van der Waals surface area contributed by atoms with E-state index in [9.17, 15) is 4.79 Å². The van der Waals surface area contributed by atoms with E-state index in [1.165, 1.54) is 0 Å². The molecule has 0 aliphatic rings. The number of carbonyl (C=O) groups excluding carboxylic acids is 1. The SMILES string of the molecule is CCN(CC)CN(C)C(=O)O[Si](C)(C)C. The fourth-order valence-corrected chi connectivity index (χ4v) is 1.80. The van der Waals surface area contributed by atoms with Crippen LogP contribution in [-0.4, -0.2) is 51.0 Å². The topological polar surface area (TPSA) is 32.8 Å². The van der Waals surface area contributed by atoms with Crippen molar-refractivity contribution in [3.8, 4) is 0 Å². The summed E-state index contributed by atoms with van der Waals surface area (Å²) in [5.41, 5.74) is 0. The van der Waals surface area contributed by atoms with Gasteiger partial charge in [-0.15, -0.1) is 0 Å². The lowest BCUT2D eigenvalue weighted by Crippen LogP contribution is -2.42. The van der Waals surface area contributed by atoms with Crippen molar-refractivity contribution in [3.63, 3.8) is 0 Å². The number of rotatable bonds is 5. The molecular weight excluding hydrogens is 208 g/mol. The largest absolute Gasteiger partial charge is 0.504 e. The van der Waals surface area contributed by atoms with Gasteiger partial charge in [-0.3, -0.25) is 9.80 Å². The van der Waals surface area contributed by atoms with Gasteiger partial charge in [-0.05, 0) is 32.7 Å². The zero-order valence-corrected chi connectivity index (χ0v) is 11.8. The molecule has 0 fully saturated rings. The van der Waals surface area contributed by atoms with Gasteiger partial charge in [-0.2, -0.15) is 0 Å². The van der Waals surface area contributed by atoms with Gasteiger partial charge >= 0.3 is 6.09 Å². The molecule has 1 amide bonds. The zero-order chi connectivity index (χ0) is 12.1. The average molecular weight is 232 g/mol. The van der Waals surface area contributed by atoms with Crippen molar-refractivity contribution in [2.45, 2.75) is 33.5 Å². The Morgan fingerprint density at radius 2 is 1.67 bits per heavy atom. The van der Waals surface area contributed by atoms with E-state index in [-0.39, 0.29) is 6.09 Å². The predicted octanol–water partition coefficient (Wildman–Crippen LogP) is 2.19. The Morgan fingerprint density at radius 3 is 2.00 bits per heavy atom. The fraction of sp³-hybridized carbons (Fsp3) is 0.900. The molecule has 0 aliphatic carbocycles. The summed E-state index contributed by atoms with van der Waals surface area (Å²) in [4.78, 5) is 15.4. The molecule has 0 atom stereocenters. The van der Waals surface area contributed by atoms with E-state index in [0.29, 0.717) is 6.67 Å². The minimum atomic E-state index is -1.76. The lowest BCUT2D eigenvalue weighted by atomic mass is 10.5. The summed E-state index contributed by atoms with van der Waals surface area (Å²) in [6.45, 7) is 12.7. The van der Waals surface area contributed by atoms with Crippen LogP contribution in [0.4, 0.5) is 4.79 Å². The van der Waals surface area contributed by atoms with E-state index in [1.54, 1.807) is 11.9 Å². The molecule has 5 heteroatoms. The molecule has 0 rings (SSSR count). The summed E-state index contributed by atoms with van der Waals surface area (Å²) in [6, 6.07) is 0. The van der Waals surface area contributed by atoms with E-state index in [4.69, 9.17) is 4.43 Å². The number of hydrogen-bond acceptors (Lipinski definition) is 3. The monoisotopic (exact) mass is 232 g/mol. The molecule has 0 heterocycles. The van der Waals surface area contributed by atoms with E-state index < -0.39 is 8.32 Å². The Kier molecular flexibility index (Phi) is 5.90. The summed E-state index contributed by atoms with van der Waals surface area (Å²) >= 11 is 0. The molecule has 90 valence electrons. The summed E-state index contributed by atoms with van der Waals surface area (Å²) in [5.74, 6) is 0. The standard InChI is InChI=1S/C10H24N2O2Si/c1-7-12(8-2)9-11(3)10(13)14-15(4,5)6/h7-9H2,1-6H3. The summed E-state index contributed by atoms with van der Waals surface area (Å²) in [6.07, 6.45) is -0.207. The van der Waals surface area contributed by atoms with Crippen molar-refractivity contribution < 1.29 is 9.22 Å². The Morgan fingerprint density at radius 1 is 1.20 bits per heavy atom. The first-order chi connectivity index (χ1) is 6.80. The molecule has 0 N–H and O–H groups in total. The molecule has 0 aromatic carbocycles. The first-order valence-electron chi connectivity index (χ1n) is 5.46. The Hall–Kier alpha value is -0.553. The van der Waals surface area contributed by atoms with Gasteiger partial charge in [0.15, 0.2) is 0 Å². The average Bonchev–Trinajstić information content (AvgIpc) is 2.10. The third-order valence-electron chi connectivity index (χ3n) is 2.01. The second-order valence-corrected chi connectivity index (χ2v) is 9.05. The van der Waals surface area contributed by atoms with Crippen LogP contribution in [-0.2, 0) is 4.43 Å². The van der Waals surface area contributed by atoms with Crippen molar-refractivity contribution in [1.29, 1.82) is 0 Å². The molecule has 15 heavy (non-hydrogen) atoms. The second kappa shape index (κ2) is 6.12. The summed E-state index contributed by atoms with van der Waals surface area (Å²) in [7, 11) is 0.0143. The van der Waals surface area contributed by atoms with Crippen LogP contribution in [0.1, 0.15) is 13.8 Å². The molecule has 0 aliphatic heterocycles. The second-order valence-electron chi connectivity index (χ2n) is 4.62. The van der Waals surface area contributed by atoms with E-state index in [1.807, 2.05) is 19.6 Å². The van der Waals surface area contributed by atoms with E-state index in [0.717, 1.165) is 13.1 Å². The highest BCUT2D eigenvalue weighted by molar-refractivity contribution is 6.71. The zero-order valence-electron chi connectivity index (χ0n) is 10.8. The summed E-state index contributed by atoms with van der Waals surface area (Å²) < 4.78 is 5.39. The highest BCUT2D eigenvalue weighted by Crippen LogP contribution is 2.05. The lowest BCUT2D eigenvalue weighted by molar-refractivity contribution is 0.126. The molecule has 4 nitrogen and oxygen atoms in total. The van der Waals surface area contributed by atoms with Crippen molar-refractivity contribution in [2.24, 2.45) is 0 Å². The highest BCUT2D eigenvalue weighted by atomic mass is 28.4. The summed E-state index contributed by atoms with van der Waals surface area (Å²) in [5, 5.41) is 0. The number of carbonyl (C=O) groups is 1. The number of amides is 1. The van der Waals surface area contributed by atoms with Crippen molar-refractivity contribution in [1.82, 2.24) is 9.80 Å². The van der Waals surface area contributed by atoms with Crippen LogP contribution in [0.3, 0.4) is 0 Å². The smallest absolute Gasteiger partial charge is 0.396 e. The van der Waals surface area contributed by atoms with Crippen LogP contribution in [0.5, 0.6) is 0 Å². The molecule has 0 aromatic heterocycles. The Labute approximate surface area is 94.3 Å². The van der Waals surface area contributed by atoms with Gasteiger partial charge in [0, 0.05) is 7.05 Å². The minimum absolute atomic E-state index is 0.207. The molecule has 0 radical (unpaired) electrons. The van der Waals surface area contributed by atoms with Gasteiger partial charge in [0.1, 0.15) is 0 Å². The predicted molar refractivity (Wildman–Crippen MR) is 65.4 cm³/mol. The van der Waals surface area contributed by atoms with Gasteiger partial charge in [-0.25, -0.2) is 4.79 Å². The number of hydrogen-bond donors (Lipinski definition) is 0. The fourth-order valence-electron chi connectivity index (χ4n) is 1.12. The van der Waals surface area contributed by atoms with Crippen molar-refractivity contribution in [2.75, 3.05) is 26.8 Å². The maximum Gasteiger partial charge on any atom is 0.396 e.